The molecule has 37 heavy (non-hydrogen) atoms. The van der Waals surface area contributed by atoms with Crippen LogP contribution in [0.1, 0.15) is 22.3 Å². The minimum absolute atomic E-state index is 0.260. The molecular weight excluding hydrogens is 464 g/mol. The second kappa shape index (κ2) is 7.63. The van der Waals surface area contributed by atoms with Gasteiger partial charge in [0.2, 0.25) is 17.7 Å². The van der Waals surface area contributed by atoms with Gasteiger partial charge in [-0.3, -0.25) is 19.7 Å². The summed E-state index contributed by atoms with van der Waals surface area (Å²) in [6.07, 6.45) is 2.46. The van der Waals surface area contributed by atoms with Gasteiger partial charge in [0.25, 0.3) is 0 Å². The second-order valence-corrected chi connectivity index (χ2v) is 10.4. The van der Waals surface area contributed by atoms with Gasteiger partial charge in [-0.1, -0.05) is 42.5 Å². The van der Waals surface area contributed by atoms with Crippen molar-refractivity contribution in [2.45, 2.75) is 31.8 Å². The molecule has 4 atom stereocenters. The molecule has 7 rings (SSSR count). The third-order valence-electron chi connectivity index (χ3n) is 8.49. The summed E-state index contributed by atoms with van der Waals surface area (Å²) >= 11 is 0. The van der Waals surface area contributed by atoms with Crippen LogP contribution in [0.4, 0.5) is 11.4 Å². The first-order chi connectivity index (χ1) is 17.9. The van der Waals surface area contributed by atoms with E-state index in [1.807, 2.05) is 86.8 Å². The Bertz CT molecular complexity index is 1640. The molecule has 0 saturated carbocycles. The van der Waals surface area contributed by atoms with Crippen LogP contribution in [0.15, 0.2) is 72.9 Å². The number of fused-ring (bicyclic) bond motifs is 5. The highest BCUT2D eigenvalue weighted by Crippen LogP contribution is 2.54. The minimum atomic E-state index is -1.31. The third kappa shape index (κ3) is 2.89. The summed E-state index contributed by atoms with van der Waals surface area (Å²) < 4.78 is 0. The van der Waals surface area contributed by atoms with Gasteiger partial charge in [-0.05, 0) is 61.2 Å². The molecule has 7 nitrogen and oxygen atoms in total. The SMILES string of the molecule is Cc1ccc(N2C(=O)[C@@H]3[C@H](Cc4c[nH]c5ccccc45)N[C@]4(C(=O)Nc5ccccc54)[C@@H]3C2=O)cc1C. The van der Waals surface area contributed by atoms with Crippen LogP contribution in [0.3, 0.4) is 0 Å². The first-order valence-corrected chi connectivity index (χ1v) is 12.6. The zero-order chi connectivity index (χ0) is 25.5. The van der Waals surface area contributed by atoms with Gasteiger partial charge in [0.05, 0.1) is 17.5 Å². The van der Waals surface area contributed by atoms with Crippen molar-refractivity contribution in [2.24, 2.45) is 11.8 Å². The molecular formula is C30H26N4O3. The van der Waals surface area contributed by atoms with Crippen LogP contribution in [-0.4, -0.2) is 28.7 Å². The number of aromatic nitrogens is 1. The summed E-state index contributed by atoms with van der Waals surface area (Å²) in [6.45, 7) is 3.96. The quantitative estimate of drug-likeness (QED) is 0.379. The topological polar surface area (TPSA) is 94.3 Å². The molecule has 4 heterocycles. The Morgan fingerprint density at radius 1 is 0.892 bits per heavy atom. The molecule has 3 aromatic carbocycles. The third-order valence-corrected chi connectivity index (χ3v) is 8.49. The van der Waals surface area contributed by atoms with Crippen molar-refractivity contribution in [3.05, 3.63) is 95.2 Å². The van der Waals surface area contributed by atoms with Crippen molar-refractivity contribution in [2.75, 3.05) is 10.2 Å². The highest BCUT2D eigenvalue weighted by molar-refractivity contribution is 6.25. The van der Waals surface area contributed by atoms with Crippen molar-refractivity contribution in [3.8, 4) is 0 Å². The number of hydrogen-bond acceptors (Lipinski definition) is 4. The van der Waals surface area contributed by atoms with Gasteiger partial charge in [0.15, 0.2) is 0 Å². The largest absolute Gasteiger partial charge is 0.361 e. The van der Waals surface area contributed by atoms with E-state index in [1.165, 1.54) is 4.90 Å². The van der Waals surface area contributed by atoms with Crippen LogP contribution in [0.2, 0.25) is 0 Å². The van der Waals surface area contributed by atoms with Gasteiger partial charge in [-0.15, -0.1) is 0 Å². The van der Waals surface area contributed by atoms with Gasteiger partial charge in [-0.2, -0.15) is 0 Å². The maximum absolute atomic E-state index is 14.1. The van der Waals surface area contributed by atoms with Gasteiger partial charge in [-0.25, -0.2) is 4.90 Å². The number of rotatable bonds is 3. The summed E-state index contributed by atoms with van der Waals surface area (Å²) in [6, 6.07) is 20.7. The summed E-state index contributed by atoms with van der Waals surface area (Å²) in [4.78, 5) is 46.5. The van der Waals surface area contributed by atoms with Crippen molar-refractivity contribution in [1.82, 2.24) is 10.3 Å². The van der Waals surface area contributed by atoms with Gasteiger partial charge >= 0.3 is 0 Å². The fraction of sp³-hybridized carbons (Fsp3) is 0.233. The molecule has 1 spiro atoms. The lowest BCUT2D eigenvalue weighted by atomic mass is 9.76. The zero-order valence-corrected chi connectivity index (χ0v) is 20.5. The Morgan fingerprint density at radius 3 is 2.51 bits per heavy atom. The predicted octanol–water partition coefficient (Wildman–Crippen LogP) is 3.95. The Morgan fingerprint density at radius 2 is 1.68 bits per heavy atom. The molecule has 3 aliphatic rings. The van der Waals surface area contributed by atoms with E-state index in [0.29, 0.717) is 17.8 Å². The molecule has 0 aliphatic carbocycles. The lowest BCUT2D eigenvalue weighted by Crippen LogP contribution is -2.53. The van der Waals surface area contributed by atoms with E-state index < -0.39 is 23.4 Å². The first-order valence-electron chi connectivity index (χ1n) is 12.6. The fourth-order valence-corrected chi connectivity index (χ4v) is 6.59. The number of amides is 3. The monoisotopic (exact) mass is 490 g/mol. The van der Waals surface area contributed by atoms with Crippen LogP contribution in [-0.2, 0) is 26.3 Å². The van der Waals surface area contributed by atoms with Crippen LogP contribution >= 0.6 is 0 Å². The van der Waals surface area contributed by atoms with Gasteiger partial charge in [0.1, 0.15) is 5.54 Å². The highest BCUT2D eigenvalue weighted by atomic mass is 16.2. The van der Waals surface area contributed by atoms with E-state index in [4.69, 9.17) is 0 Å². The maximum Gasteiger partial charge on any atom is 0.250 e. The molecule has 4 aromatic rings. The summed E-state index contributed by atoms with van der Waals surface area (Å²) in [7, 11) is 0. The average Bonchev–Trinajstić information content (AvgIpc) is 3.60. The Labute approximate surface area is 213 Å². The number of carbonyl (C=O) groups is 3. The van der Waals surface area contributed by atoms with E-state index in [2.05, 4.69) is 15.6 Å². The van der Waals surface area contributed by atoms with E-state index in [9.17, 15) is 14.4 Å². The Hall–Kier alpha value is -4.23. The molecule has 0 unspecified atom stereocenters. The summed E-state index contributed by atoms with van der Waals surface area (Å²) in [5.41, 5.74) is 4.79. The number of aromatic amines is 1. The van der Waals surface area contributed by atoms with Crippen molar-refractivity contribution in [3.63, 3.8) is 0 Å². The molecule has 2 saturated heterocycles. The standard InChI is InChI=1S/C30H26N4O3/c1-16-11-12-19(13-17(16)2)34-27(35)25-24(14-18-15-31-22-9-5-3-7-20(18)22)33-30(26(25)28(34)36)21-8-4-6-10-23(21)32-29(30)37/h3-13,15,24-26,31,33H,14H2,1-2H3,(H,32,37)/t24-,25+,26-,30-/m0/s1. The number of aryl methyl sites for hydroxylation is 2. The molecule has 3 N–H and O–H groups in total. The van der Waals surface area contributed by atoms with Gasteiger partial charge in [0, 0.05) is 34.4 Å². The predicted molar refractivity (Wildman–Crippen MR) is 141 cm³/mol. The van der Waals surface area contributed by atoms with Gasteiger partial charge < -0.3 is 10.3 Å². The number of carbonyl (C=O) groups excluding carboxylic acids is 3. The maximum atomic E-state index is 14.1. The van der Waals surface area contributed by atoms with Crippen LogP contribution in [0, 0.1) is 25.7 Å². The lowest BCUT2D eigenvalue weighted by Gasteiger charge is -2.29. The lowest BCUT2D eigenvalue weighted by molar-refractivity contribution is -0.130. The van der Waals surface area contributed by atoms with E-state index in [1.54, 1.807) is 0 Å². The van der Waals surface area contributed by atoms with E-state index >= 15 is 0 Å². The number of para-hydroxylation sites is 2. The van der Waals surface area contributed by atoms with Crippen molar-refractivity contribution < 1.29 is 14.4 Å². The Balaban J connectivity index is 1.38. The average molecular weight is 491 g/mol. The number of nitrogens with one attached hydrogen (secondary N) is 3. The van der Waals surface area contributed by atoms with E-state index in [-0.39, 0.29) is 17.7 Å². The van der Waals surface area contributed by atoms with E-state index in [0.717, 1.165) is 33.2 Å². The van der Waals surface area contributed by atoms with Crippen molar-refractivity contribution in [1.29, 1.82) is 0 Å². The number of benzene rings is 3. The molecule has 3 aliphatic heterocycles. The van der Waals surface area contributed by atoms with Crippen LogP contribution in [0.25, 0.3) is 10.9 Å². The molecule has 0 radical (unpaired) electrons. The molecule has 184 valence electrons. The second-order valence-electron chi connectivity index (χ2n) is 10.4. The summed E-state index contributed by atoms with van der Waals surface area (Å²) in [5.74, 6) is -2.41. The molecule has 1 aromatic heterocycles. The smallest absolute Gasteiger partial charge is 0.250 e. The molecule has 3 amide bonds. The van der Waals surface area contributed by atoms with Crippen molar-refractivity contribution >= 4 is 40.0 Å². The molecule has 0 bridgehead atoms. The number of H-pyrrole nitrogens is 1. The fourth-order valence-electron chi connectivity index (χ4n) is 6.59. The molecule has 2 fully saturated rings. The Kier molecular flexibility index (Phi) is 4.54. The normalized spacial score (nSPS) is 26.3. The number of hydrogen-bond donors (Lipinski definition) is 3. The number of anilines is 2. The molecule has 7 heteroatoms. The van der Waals surface area contributed by atoms with Crippen LogP contribution in [0.5, 0.6) is 0 Å². The number of imide groups is 1. The van der Waals surface area contributed by atoms with Crippen LogP contribution < -0.4 is 15.5 Å². The zero-order valence-electron chi connectivity index (χ0n) is 20.5. The number of nitrogens with zero attached hydrogens (tertiary/aromatic N) is 1. The minimum Gasteiger partial charge on any atom is -0.361 e. The highest BCUT2D eigenvalue weighted by Gasteiger charge is 2.70. The summed E-state index contributed by atoms with van der Waals surface area (Å²) in [5, 5.41) is 7.58. The first kappa shape index (κ1) is 22.0.